The van der Waals surface area contributed by atoms with Gasteiger partial charge in [-0.15, -0.1) is 4.90 Å². The number of anilines is 1. The summed E-state index contributed by atoms with van der Waals surface area (Å²) < 4.78 is 4.72. The lowest BCUT2D eigenvalue weighted by molar-refractivity contribution is -0.0103. The minimum atomic E-state index is -0.524. The van der Waals surface area contributed by atoms with E-state index in [4.69, 9.17) is 10.3 Å². The summed E-state index contributed by atoms with van der Waals surface area (Å²) in [6.07, 6.45) is -0.524. The van der Waals surface area contributed by atoms with Crippen LogP contribution < -0.4 is 4.90 Å². The van der Waals surface area contributed by atoms with Gasteiger partial charge in [0.2, 0.25) is 6.61 Å². The number of benzene rings is 1. The predicted octanol–water partition coefficient (Wildman–Crippen LogP) is 1.27. The maximum absolute atomic E-state index is 11.3. The maximum Gasteiger partial charge on any atom is 0.513 e. The lowest BCUT2D eigenvalue weighted by Gasteiger charge is -2.02. The number of amidine groups is 1. The number of hydrogen-bond donors (Lipinski definition) is 0. The third kappa shape index (κ3) is 1.26. The molecule has 2 rings (SSSR count). The van der Waals surface area contributed by atoms with Crippen LogP contribution in [0.15, 0.2) is 30.3 Å². The van der Waals surface area contributed by atoms with Gasteiger partial charge in [0.1, 0.15) is 5.69 Å². The molecule has 0 aliphatic carbocycles. The van der Waals surface area contributed by atoms with E-state index >= 15 is 0 Å². The number of hydrogen-bond acceptors (Lipinski definition) is 2. The Kier molecular flexibility index (Phi) is 2.01. The van der Waals surface area contributed by atoms with E-state index in [-0.39, 0.29) is 12.4 Å². The average molecular weight is 189 g/mol. The van der Waals surface area contributed by atoms with E-state index < -0.39 is 6.09 Å². The summed E-state index contributed by atoms with van der Waals surface area (Å²) in [7, 11) is 0. The van der Waals surface area contributed by atoms with Gasteiger partial charge in [0.05, 0.1) is 0 Å². The molecule has 0 N–H and O–H groups in total. The molecule has 1 amide bonds. The Bertz CT molecular complexity index is 409. The monoisotopic (exact) mass is 189 g/mol. The van der Waals surface area contributed by atoms with Crippen LogP contribution in [0.4, 0.5) is 10.5 Å². The van der Waals surface area contributed by atoms with Crippen molar-refractivity contribution in [1.29, 1.82) is 0 Å². The molecule has 70 valence electrons. The molecule has 1 aliphatic heterocycles. The SMILES string of the molecule is [N-]=[N+]=C1COC(=O)N1c1ccccc1. The van der Waals surface area contributed by atoms with Crippen LogP contribution in [0.3, 0.4) is 0 Å². The Balaban J connectivity index is 2.43. The molecular formula is C9H7N3O2. The Morgan fingerprint density at radius 3 is 2.71 bits per heavy atom. The molecule has 1 aromatic carbocycles. The van der Waals surface area contributed by atoms with Crippen LogP contribution in [0.5, 0.6) is 0 Å². The molecule has 1 saturated heterocycles. The summed E-state index contributed by atoms with van der Waals surface area (Å²) in [5.41, 5.74) is 9.26. The summed E-state index contributed by atoms with van der Waals surface area (Å²) in [4.78, 5) is 15.5. The molecule has 0 aromatic heterocycles. The van der Waals surface area contributed by atoms with E-state index in [0.717, 1.165) is 0 Å². The first-order valence-corrected chi connectivity index (χ1v) is 4.06. The lowest BCUT2D eigenvalue weighted by atomic mass is 10.3. The minimum absolute atomic E-state index is 0.00419. The minimum Gasteiger partial charge on any atom is -0.497 e. The van der Waals surface area contributed by atoms with Gasteiger partial charge in [-0.1, -0.05) is 18.2 Å². The first-order valence-electron chi connectivity index (χ1n) is 4.06. The fourth-order valence-electron chi connectivity index (χ4n) is 1.27. The van der Waals surface area contributed by atoms with Crippen molar-refractivity contribution in [1.82, 2.24) is 0 Å². The highest BCUT2D eigenvalue weighted by atomic mass is 16.6. The van der Waals surface area contributed by atoms with Gasteiger partial charge in [-0.25, -0.2) is 0 Å². The van der Waals surface area contributed by atoms with Crippen LogP contribution in [0, 0.1) is 0 Å². The number of ether oxygens (including phenoxy) is 1. The standard InChI is InChI=1S/C9H7N3O2/c10-11-8-6-14-9(13)12(8)7-4-2-1-3-5-7/h1-5H,6H2. The van der Waals surface area contributed by atoms with Gasteiger partial charge in [0.25, 0.3) is 0 Å². The molecule has 0 atom stereocenters. The van der Waals surface area contributed by atoms with Crippen molar-refractivity contribution in [3.05, 3.63) is 35.9 Å². The lowest BCUT2D eigenvalue weighted by Crippen LogP contribution is -2.29. The van der Waals surface area contributed by atoms with Crippen LogP contribution in [-0.2, 0) is 4.74 Å². The second kappa shape index (κ2) is 3.32. The molecule has 0 unspecified atom stereocenters. The number of carbonyl (C=O) groups is 1. The Hall–Kier alpha value is -2.13. The number of rotatable bonds is 1. The van der Waals surface area contributed by atoms with Crippen molar-refractivity contribution >= 4 is 17.6 Å². The van der Waals surface area contributed by atoms with Gasteiger partial charge in [0, 0.05) is 0 Å². The first-order chi connectivity index (χ1) is 6.83. The molecule has 0 saturated carbocycles. The van der Waals surface area contributed by atoms with E-state index in [9.17, 15) is 4.79 Å². The fraction of sp³-hybridized carbons (Fsp3) is 0.111. The second-order valence-corrected chi connectivity index (χ2v) is 2.74. The van der Waals surface area contributed by atoms with E-state index in [1.54, 1.807) is 24.3 Å². The summed E-state index contributed by atoms with van der Waals surface area (Å²) >= 11 is 0. The van der Waals surface area contributed by atoms with Crippen molar-refractivity contribution in [3.8, 4) is 0 Å². The zero-order valence-corrected chi connectivity index (χ0v) is 7.25. The van der Waals surface area contributed by atoms with Crippen molar-refractivity contribution < 1.29 is 14.3 Å². The maximum atomic E-state index is 11.3. The Labute approximate surface area is 80.1 Å². The zero-order chi connectivity index (χ0) is 9.97. The van der Waals surface area contributed by atoms with Gasteiger partial charge >= 0.3 is 11.9 Å². The molecule has 1 heterocycles. The Morgan fingerprint density at radius 2 is 2.07 bits per heavy atom. The van der Waals surface area contributed by atoms with E-state index in [2.05, 4.69) is 4.79 Å². The van der Waals surface area contributed by atoms with Crippen molar-refractivity contribution in [2.45, 2.75) is 0 Å². The molecular weight excluding hydrogens is 182 g/mol. The summed E-state index contributed by atoms with van der Waals surface area (Å²) in [6, 6.07) is 8.88. The van der Waals surface area contributed by atoms with E-state index in [1.165, 1.54) is 4.90 Å². The smallest absolute Gasteiger partial charge is 0.497 e. The van der Waals surface area contributed by atoms with Gasteiger partial charge in [-0.2, -0.15) is 4.79 Å². The fourth-order valence-corrected chi connectivity index (χ4v) is 1.27. The van der Waals surface area contributed by atoms with Crippen molar-refractivity contribution in [2.24, 2.45) is 0 Å². The molecule has 0 spiro atoms. The number of amides is 1. The number of cyclic esters (lactones) is 1. The van der Waals surface area contributed by atoms with Crippen molar-refractivity contribution in [3.63, 3.8) is 0 Å². The zero-order valence-electron chi connectivity index (χ0n) is 7.25. The first kappa shape index (κ1) is 8.47. The molecule has 5 heteroatoms. The Morgan fingerprint density at radius 1 is 1.36 bits per heavy atom. The van der Waals surface area contributed by atoms with Crippen LogP contribution in [-0.4, -0.2) is 23.3 Å². The molecule has 1 aliphatic rings. The number of nitrogens with zero attached hydrogens (tertiary/aromatic N) is 3. The quantitative estimate of drug-likeness (QED) is 0.493. The molecule has 14 heavy (non-hydrogen) atoms. The van der Waals surface area contributed by atoms with Gasteiger partial charge in [-0.3, -0.25) is 0 Å². The van der Waals surface area contributed by atoms with Gasteiger partial charge in [0.15, 0.2) is 0 Å². The molecule has 0 bridgehead atoms. The highest BCUT2D eigenvalue weighted by Crippen LogP contribution is 2.18. The topological polar surface area (TPSA) is 65.9 Å². The molecule has 0 radical (unpaired) electrons. The van der Waals surface area contributed by atoms with Gasteiger partial charge < -0.3 is 15.1 Å². The van der Waals surface area contributed by atoms with Crippen LogP contribution >= 0.6 is 0 Å². The van der Waals surface area contributed by atoms with Crippen molar-refractivity contribution in [2.75, 3.05) is 11.5 Å². The van der Waals surface area contributed by atoms with Gasteiger partial charge in [-0.05, 0) is 12.1 Å². The molecule has 1 aromatic rings. The summed E-state index contributed by atoms with van der Waals surface area (Å²) in [6.45, 7) is 0.00419. The average Bonchev–Trinajstić information content (AvgIpc) is 2.61. The second-order valence-electron chi connectivity index (χ2n) is 2.74. The van der Waals surface area contributed by atoms with Crippen LogP contribution in [0.25, 0.3) is 5.53 Å². The molecule has 1 fully saturated rings. The van der Waals surface area contributed by atoms with E-state index in [1.807, 2.05) is 6.07 Å². The largest absolute Gasteiger partial charge is 0.513 e. The van der Waals surface area contributed by atoms with Crippen LogP contribution in [0.2, 0.25) is 0 Å². The highest BCUT2D eigenvalue weighted by molar-refractivity contribution is 6.16. The number of carbonyl (C=O) groups excluding carboxylic acids is 1. The van der Waals surface area contributed by atoms with Crippen LogP contribution in [0.1, 0.15) is 0 Å². The normalized spacial score (nSPS) is 15.3. The molecule has 5 nitrogen and oxygen atoms in total. The number of para-hydroxylation sites is 1. The summed E-state index contributed by atoms with van der Waals surface area (Å²) in [5, 5.41) is 0. The highest BCUT2D eigenvalue weighted by Gasteiger charge is 2.40. The predicted molar refractivity (Wildman–Crippen MR) is 48.9 cm³/mol. The third-order valence-electron chi connectivity index (χ3n) is 1.90. The van der Waals surface area contributed by atoms with E-state index in [0.29, 0.717) is 5.69 Å². The summed E-state index contributed by atoms with van der Waals surface area (Å²) in [5.74, 6) is 0.196. The third-order valence-corrected chi connectivity index (χ3v) is 1.90.